The lowest BCUT2D eigenvalue weighted by molar-refractivity contribution is -0.122. The summed E-state index contributed by atoms with van der Waals surface area (Å²) in [4.78, 5) is 22.6. The molecule has 23 heavy (non-hydrogen) atoms. The quantitative estimate of drug-likeness (QED) is 0.568. The molecule has 0 aliphatic rings. The van der Waals surface area contributed by atoms with Crippen LogP contribution < -0.4 is 10.1 Å². The molecule has 0 saturated heterocycles. The number of rotatable bonds is 9. The number of carbonyl (C=O) groups is 2. The highest BCUT2D eigenvalue weighted by Gasteiger charge is 2.05. The van der Waals surface area contributed by atoms with E-state index in [1.165, 1.54) is 5.56 Å². The molecule has 0 unspecified atom stereocenters. The average Bonchev–Trinajstić information content (AvgIpc) is 2.60. The van der Waals surface area contributed by atoms with Crippen molar-refractivity contribution in [1.29, 1.82) is 0 Å². The van der Waals surface area contributed by atoms with Crippen LogP contribution in [0.4, 0.5) is 0 Å². The number of benzene rings is 2. The molecule has 1 N–H and O–H groups in total. The first-order valence-electron chi connectivity index (χ1n) is 7.35. The molecule has 2 rings (SSSR count). The van der Waals surface area contributed by atoms with Crippen molar-refractivity contribution in [2.24, 2.45) is 0 Å². The summed E-state index contributed by atoms with van der Waals surface area (Å²) in [6.07, 6.45) is 0.716. The number of hydrogen-bond acceptors (Lipinski definition) is 4. The fourth-order valence-electron chi connectivity index (χ4n) is 1.93. The van der Waals surface area contributed by atoms with Crippen LogP contribution in [0.1, 0.15) is 15.9 Å². The molecule has 0 spiro atoms. The molecule has 0 heterocycles. The van der Waals surface area contributed by atoms with Crippen LogP contribution in [-0.4, -0.2) is 31.1 Å². The predicted octanol–water partition coefficient (Wildman–Crippen LogP) is 2.93. The molecular formula is C18H19NO3S. The number of thioether (sulfide) groups is 1. The Morgan fingerprint density at radius 3 is 2.61 bits per heavy atom. The first-order chi connectivity index (χ1) is 11.3. The van der Waals surface area contributed by atoms with Crippen molar-refractivity contribution in [2.75, 3.05) is 18.9 Å². The number of aldehydes is 1. The van der Waals surface area contributed by atoms with Crippen LogP contribution in [0, 0.1) is 0 Å². The molecule has 2 aromatic rings. The minimum atomic E-state index is -0.189. The molecular weight excluding hydrogens is 310 g/mol. The summed E-state index contributed by atoms with van der Waals surface area (Å²) >= 11 is 1.77. The van der Waals surface area contributed by atoms with Gasteiger partial charge in [0.05, 0.1) is 5.56 Å². The summed E-state index contributed by atoms with van der Waals surface area (Å²) in [5, 5.41) is 2.80. The van der Waals surface area contributed by atoms with Gasteiger partial charge in [0, 0.05) is 18.1 Å². The van der Waals surface area contributed by atoms with E-state index in [1.807, 2.05) is 18.2 Å². The van der Waals surface area contributed by atoms with Gasteiger partial charge in [-0.1, -0.05) is 42.5 Å². The van der Waals surface area contributed by atoms with Crippen LogP contribution in [0.5, 0.6) is 5.75 Å². The van der Waals surface area contributed by atoms with E-state index in [1.54, 1.807) is 36.0 Å². The maximum atomic E-state index is 11.7. The summed E-state index contributed by atoms with van der Waals surface area (Å²) < 4.78 is 5.37. The summed E-state index contributed by atoms with van der Waals surface area (Å²) in [7, 11) is 0. The third kappa shape index (κ3) is 6.16. The van der Waals surface area contributed by atoms with Gasteiger partial charge in [-0.2, -0.15) is 11.8 Å². The van der Waals surface area contributed by atoms with E-state index in [-0.39, 0.29) is 12.5 Å². The van der Waals surface area contributed by atoms with Crippen LogP contribution in [0.15, 0.2) is 54.6 Å². The molecule has 120 valence electrons. The Hall–Kier alpha value is -2.27. The summed E-state index contributed by atoms with van der Waals surface area (Å²) in [6, 6.07) is 17.1. The van der Waals surface area contributed by atoms with Gasteiger partial charge in [0.15, 0.2) is 12.9 Å². The molecule has 2 aromatic carbocycles. The summed E-state index contributed by atoms with van der Waals surface area (Å²) in [5.74, 6) is 2.01. The molecule has 0 aromatic heterocycles. The van der Waals surface area contributed by atoms with Crippen molar-refractivity contribution in [3.63, 3.8) is 0 Å². The van der Waals surface area contributed by atoms with Crippen LogP contribution in [-0.2, 0) is 10.5 Å². The van der Waals surface area contributed by atoms with Gasteiger partial charge in [-0.15, -0.1) is 0 Å². The summed E-state index contributed by atoms with van der Waals surface area (Å²) in [6.45, 7) is 0.503. The van der Waals surface area contributed by atoms with Crippen LogP contribution >= 0.6 is 11.8 Å². The molecule has 1 amide bonds. The standard InChI is InChI=1S/C18H19NO3S/c20-12-16-8-4-5-9-17(16)22-13-18(21)19-10-11-23-14-15-6-2-1-3-7-15/h1-9,12H,10-11,13-14H2,(H,19,21). The zero-order chi connectivity index (χ0) is 16.3. The van der Waals surface area contributed by atoms with Crippen LogP contribution in [0.25, 0.3) is 0 Å². The van der Waals surface area contributed by atoms with E-state index < -0.39 is 0 Å². The Bertz CT molecular complexity index is 631. The Balaban J connectivity index is 1.61. The van der Waals surface area contributed by atoms with Gasteiger partial charge in [-0.3, -0.25) is 9.59 Å². The van der Waals surface area contributed by atoms with E-state index in [2.05, 4.69) is 17.4 Å². The predicted molar refractivity (Wildman–Crippen MR) is 92.9 cm³/mol. The van der Waals surface area contributed by atoms with Crippen molar-refractivity contribution < 1.29 is 14.3 Å². The number of hydrogen-bond donors (Lipinski definition) is 1. The Morgan fingerprint density at radius 2 is 1.83 bits per heavy atom. The Kier molecular flexibility index (Phi) is 7.20. The number of amides is 1. The second-order valence-corrected chi connectivity index (χ2v) is 5.94. The highest BCUT2D eigenvalue weighted by molar-refractivity contribution is 7.98. The fraction of sp³-hybridized carbons (Fsp3) is 0.222. The lowest BCUT2D eigenvalue weighted by Crippen LogP contribution is -2.30. The normalized spacial score (nSPS) is 10.1. The van der Waals surface area contributed by atoms with Gasteiger partial charge in [0.1, 0.15) is 5.75 Å². The van der Waals surface area contributed by atoms with Gasteiger partial charge in [0.25, 0.3) is 5.91 Å². The highest BCUT2D eigenvalue weighted by Crippen LogP contribution is 2.15. The molecule has 0 aliphatic carbocycles. The smallest absolute Gasteiger partial charge is 0.257 e. The molecule has 0 atom stereocenters. The van der Waals surface area contributed by atoms with E-state index in [4.69, 9.17) is 4.74 Å². The van der Waals surface area contributed by atoms with Gasteiger partial charge in [-0.05, 0) is 17.7 Å². The van der Waals surface area contributed by atoms with Gasteiger partial charge in [0.2, 0.25) is 0 Å². The second kappa shape index (κ2) is 9.69. The second-order valence-electron chi connectivity index (χ2n) is 4.83. The van der Waals surface area contributed by atoms with Crippen LogP contribution in [0.2, 0.25) is 0 Å². The number of carbonyl (C=O) groups excluding carboxylic acids is 2. The van der Waals surface area contributed by atoms with Crippen molar-refractivity contribution >= 4 is 24.0 Å². The first-order valence-corrected chi connectivity index (χ1v) is 8.50. The molecule has 0 aliphatic heterocycles. The van der Waals surface area contributed by atoms with Crippen molar-refractivity contribution in [3.05, 3.63) is 65.7 Å². The fourth-order valence-corrected chi connectivity index (χ4v) is 2.75. The molecule has 0 radical (unpaired) electrons. The molecule has 0 saturated carbocycles. The minimum Gasteiger partial charge on any atom is -0.483 e. The van der Waals surface area contributed by atoms with Gasteiger partial charge < -0.3 is 10.1 Å². The lowest BCUT2D eigenvalue weighted by Gasteiger charge is -2.09. The van der Waals surface area contributed by atoms with Gasteiger partial charge in [-0.25, -0.2) is 0 Å². The maximum absolute atomic E-state index is 11.7. The number of para-hydroxylation sites is 1. The van der Waals surface area contributed by atoms with E-state index in [0.29, 0.717) is 24.1 Å². The van der Waals surface area contributed by atoms with Gasteiger partial charge >= 0.3 is 0 Å². The Morgan fingerprint density at radius 1 is 1.09 bits per heavy atom. The summed E-state index contributed by atoms with van der Waals surface area (Å²) in [5.41, 5.74) is 1.72. The van der Waals surface area contributed by atoms with E-state index in [0.717, 1.165) is 11.5 Å². The molecule has 0 fully saturated rings. The monoisotopic (exact) mass is 329 g/mol. The lowest BCUT2D eigenvalue weighted by atomic mass is 10.2. The highest BCUT2D eigenvalue weighted by atomic mass is 32.2. The zero-order valence-corrected chi connectivity index (χ0v) is 13.6. The van der Waals surface area contributed by atoms with Crippen molar-refractivity contribution in [1.82, 2.24) is 5.32 Å². The maximum Gasteiger partial charge on any atom is 0.257 e. The van der Waals surface area contributed by atoms with E-state index >= 15 is 0 Å². The third-order valence-corrected chi connectivity index (χ3v) is 4.12. The minimum absolute atomic E-state index is 0.0891. The largest absolute Gasteiger partial charge is 0.483 e. The molecule has 4 nitrogen and oxygen atoms in total. The zero-order valence-electron chi connectivity index (χ0n) is 12.7. The van der Waals surface area contributed by atoms with Crippen molar-refractivity contribution in [2.45, 2.75) is 5.75 Å². The topological polar surface area (TPSA) is 55.4 Å². The molecule has 0 bridgehead atoms. The van der Waals surface area contributed by atoms with E-state index in [9.17, 15) is 9.59 Å². The van der Waals surface area contributed by atoms with Crippen molar-refractivity contribution in [3.8, 4) is 5.75 Å². The average molecular weight is 329 g/mol. The number of nitrogens with one attached hydrogen (secondary N) is 1. The molecule has 5 heteroatoms. The number of ether oxygens (including phenoxy) is 1. The van der Waals surface area contributed by atoms with Crippen LogP contribution in [0.3, 0.4) is 0 Å². The third-order valence-electron chi connectivity index (χ3n) is 3.08. The Labute approximate surface area is 140 Å². The first kappa shape index (κ1) is 17.1. The SMILES string of the molecule is O=Cc1ccccc1OCC(=O)NCCSCc1ccccc1.